The number of amides is 1. The number of ether oxygens (including phenoxy) is 1. The number of piperidine rings is 1. The third-order valence-electron chi connectivity index (χ3n) is 4.97. The molecule has 2 heterocycles. The summed E-state index contributed by atoms with van der Waals surface area (Å²) < 4.78 is 24.4. The quantitative estimate of drug-likeness (QED) is 0.644. The van der Waals surface area contributed by atoms with Gasteiger partial charge in [-0.25, -0.2) is 4.39 Å². The maximum atomic E-state index is 13.5. The lowest BCUT2D eigenvalue weighted by Gasteiger charge is -2.31. The zero-order valence-electron chi connectivity index (χ0n) is 16.2. The Morgan fingerprint density at radius 3 is 2.97 bits per heavy atom. The number of halogens is 1. The fourth-order valence-electron chi connectivity index (χ4n) is 3.58. The van der Waals surface area contributed by atoms with Crippen LogP contribution < -0.4 is 4.74 Å². The third-order valence-corrected chi connectivity index (χ3v) is 4.97. The van der Waals surface area contributed by atoms with Gasteiger partial charge in [0.15, 0.2) is 0 Å². The van der Waals surface area contributed by atoms with E-state index in [4.69, 9.17) is 9.26 Å². The van der Waals surface area contributed by atoms with E-state index < -0.39 is 0 Å². The lowest BCUT2D eigenvalue weighted by Crippen LogP contribution is -2.39. The van der Waals surface area contributed by atoms with Gasteiger partial charge in [-0.3, -0.25) is 4.79 Å². The molecule has 1 amide bonds. The van der Waals surface area contributed by atoms with Gasteiger partial charge in [-0.15, -0.1) is 0 Å². The summed E-state index contributed by atoms with van der Waals surface area (Å²) in [5.41, 5.74) is 1.17. The molecule has 1 atom stereocenters. The third kappa shape index (κ3) is 4.29. The minimum Gasteiger partial charge on any atom is -0.494 e. The Bertz CT molecular complexity index is 1000. The van der Waals surface area contributed by atoms with Crippen LogP contribution >= 0.6 is 0 Å². The molecule has 0 radical (unpaired) electrons. The van der Waals surface area contributed by atoms with Gasteiger partial charge in [0.2, 0.25) is 11.7 Å². The van der Waals surface area contributed by atoms with Gasteiger partial charge < -0.3 is 14.2 Å². The maximum absolute atomic E-state index is 13.5. The van der Waals surface area contributed by atoms with E-state index in [9.17, 15) is 9.18 Å². The molecule has 0 aliphatic carbocycles. The fourth-order valence-corrected chi connectivity index (χ4v) is 3.58. The van der Waals surface area contributed by atoms with Gasteiger partial charge >= 0.3 is 0 Å². The smallest absolute Gasteiger partial charge is 0.254 e. The fraction of sp³-hybridized carbons (Fsp3) is 0.318. The second kappa shape index (κ2) is 8.43. The Hall–Kier alpha value is -3.22. The van der Waals surface area contributed by atoms with Gasteiger partial charge in [0, 0.05) is 24.2 Å². The number of carbonyl (C=O) groups excluding carboxylic acids is 1. The highest BCUT2D eigenvalue weighted by Gasteiger charge is 2.29. The van der Waals surface area contributed by atoms with Crippen molar-refractivity contribution in [3.8, 4) is 17.1 Å². The lowest BCUT2D eigenvalue weighted by molar-refractivity contribution is 0.0695. The molecule has 1 aromatic heterocycles. The van der Waals surface area contributed by atoms with Crippen molar-refractivity contribution in [2.75, 3.05) is 19.7 Å². The van der Waals surface area contributed by atoms with Gasteiger partial charge in [-0.05, 0) is 50.1 Å². The molecule has 1 aliphatic heterocycles. The number of likely N-dealkylation sites (tertiary alicyclic amines) is 1. The molecule has 6 nitrogen and oxygen atoms in total. The summed E-state index contributed by atoms with van der Waals surface area (Å²) >= 11 is 0. The normalized spacial score (nSPS) is 16.6. The van der Waals surface area contributed by atoms with E-state index in [2.05, 4.69) is 10.1 Å². The summed E-state index contributed by atoms with van der Waals surface area (Å²) in [6, 6.07) is 13.3. The summed E-state index contributed by atoms with van der Waals surface area (Å²) in [6.45, 7) is 3.64. The van der Waals surface area contributed by atoms with Crippen LogP contribution in [0.4, 0.5) is 4.39 Å². The van der Waals surface area contributed by atoms with Crippen molar-refractivity contribution >= 4 is 5.91 Å². The predicted molar refractivity (Wildman–Crippen MR) is 105 cm³/mol. The predicted octanol–water partition coefficient (Wildman–Crippen LogP) is 4.29. The monoisotopic (exact) mass is 395 g/mol. The maximum Gasteiger partial charge on any atom is 0.254 e. The minimum atomic E-state index is -0.349. The van der Waals surface area contributed by atoms with Gasteiger partial charge in [0.05, 0.1) is 12.5 Å². The number of hydrogen-bond acceptors (Lipinski definition) is 5. The largest absolute Gasteiger partial charge is 0.494 e. The molecule has 1 unspecified atom stereocenters. The Morgan fingerprint density at radius 1 is 1.28 bits per heavy atom. The van der Waals surface area contributed by atoms with E-state index in [1.807, 2.05) is 24.0 Å². The van der Waals surface area contributed by atoms with Crippen LogP contribution in [0.5, 0.6) is 5.75 Å². The summed E-state index contributed by atoms with van der Waals surface area (Å²) in [6.07, 6.45) is 1.70. The standard InChI is InChI=1S/C22H22FN3O3/c1-2-28-19-10-4-7-16(13-19)22(27)26-11-5-8-17(14-26)21-24-20(25-29-21)15-6-3-9-18(23)12-15/h3-4,6-7,9-10,12-13,17H,2,5,8,11,14H2,1H3. The highest BCUT2D eigenvalue weighted by atomic mass is 19.1. The minimum absolute atomic E-state index is 0.0406. The Kier molecular flexibility index (Phi) is 5.55. The molecular formula is C22H22FN3O3. The first-order chi connectivity index (χ1) is 14.1. The van der Waals surface area contributed by atoms with Crippen LogP contribution in [-0.2, 0) is 0 Å². The van der Waals surface area contributed by atoms with E-state index in [1.165, 1.54) is 12.1 Å². The highest BCUT2D eigenvalue weighted by Crippen LogP contribution is 2.29. The second-order valence-corrected chi connectivity index (χ2v) is 7.02. The molecule has 1 fully saturated rings. The summed E-state index contributed by atoms with van der Waals surface area (Å²) in [5.74, 6) is 1.08. The number of carbonyl (C=O) groups is 1. The van der Waals surface area contributed by atoms with Gasteiger partial charge in [-0.1, -0.05) is 23.4 Å². The molecule has 1 saturated heterocycles. The molecule has 0 N–H and O–H groups in total. The van der Waals surface area contributed by atoms with Crippen molar-refractivity contribution in [1.82, 2.24) is 15.0 Å². The second-order valence-electron chi connectivity index (χ2n) is 7.02. The number of nitrogens with zero attached hydrogens (tertiary/aromatic N) is 3. The van der Waals surface area contributed by atoms with Crippen LogP contribution in [0.3, 0.4) is 0 Å². The van der Waals surface area contributed by atoms with Crippen molar-refractivity contribution in [2.24, 2.45) is 0 Å². The van der Waals surface area contributed by atoms with Crippen molar-refractivity contribution in [3.05, 3.63) is 65.8 Å². The molecule has 7 heteroatoms. The lowest BCUT2D eigenvalue weighted by atomic mass is 9.97. The molecule has 3 aromatic rings. The molecule has 2 aromatic carbocycles. The van der Waals surface area contributed by atoms with Crippen LogP contribution in [0.2, 0.25) is 0 Å². The average Bonchev–Trinajstić information content (AvgIpc) is 3.24. The molecule has 1 aliphatic rings. The number of rotatable bonds is 5. The Morgan fingerprint density at radius 2 is 2.14 bits per heavy atom. The molecule has 0 spiro atoms. The van der Waals surface area contributed by atoms with E-state index in [-0.39, 0.29) is 17.6 Å². The average molecular weight is 395 g/mol. The van der Waals surface area contributed by atoms with Gasteiger partial charge in [-0.2, -0.15) is 4.98 Å². The van der Waals surface area contributed by atoms with E-state index in [1.54, 1.807) is 24.3 Å². The first-order valence-corrected chi connectivity index (χ1v) is 9.75. The zero-order valence-corrected chi connectivity index (χ0v) is 16.2. The van der Waals surface area contributed by atoms with Gasteiger partial charge in [0.1, 0.15) is 11.6 Å². The van der Waals surface area contributed by atoms with E-state index >= 15 is 0 Å². The van der Waals surface area contributed by atoms with Crippen LogP contribution in [0, 0.1) is 5.82 Å². The van der Waals surface area contributed by atoms with E-state index in [0.29, 0.717) is 48.3 Å². The van der Waals surface area contributed by atoms with Crippen LogP contribution in [-0.4, -0.2) is 40.6 Å². The van der Waals surface area contributed by atoms with Crippen molar-refractivity contribution in [2.45, 2.75) is 25.7 Å². The molecule has 150 valence electrons. The molecular weight excluding hydrogens is 373 g/mol. The number of hydrogen-bond donors (Lipinski definition) is 0. The molecule has 4 rings (SSSR count). The topological polar surface area (TPSA) is 68.5 Å². The molecule has 29 heavy (non-hydrogen) atoms. The van der Waals surface area contributed by atoms with Crippen molar-refractivity contribution < 1.29 is 18.4 Å². The summed E-state index contributed by atoms with van der Waals surface area (Å²) in [7, 11) is 0. The Labute approximate surface area is 168 Å². The zero-order chi connectivity index (χ0) is 20.2. The van der Waals surface area contributed by atoms with Crippen LogP contribution in [0.25, 0.3) is 11.4 Å². The van der Waals surface area contributed by atoms with Crippen LogP contribution in [0.1, 0.15) is 41.9 Å². The van der Waals surface area contributed by atoms with Gasteiger partial charge in [0.25, 0.3) is 5.91 Å². The summed E-state index contributed by atoms with van der Waals surface area (Å²) in [5, 5.41) is 3.99. The summed E-state index contributed by atoms with van der Waals surface area (Å²) in [4.78, 5) is 19.2. The number of aromatic nitrogens is 2. The first kappa shape index (κ1) is 19.1. The first-order valence-electron chi connectivity index (χ1n) is 9.75. The molecule has 0 bridgehead atoms. The van der Waals surface area contributed by atoms with Crippen LogP contribution in [0.15, 0.2) is 53.1 Å². The SMILES string of the molecule is CCOc1cccc(C(=O)N2CCCC(c3nc(-c4cccc(F)c4)no3)C2)c1. The highest BCUT2D eigenvalue weighted by molar-refractivity contribution is 5.94. The number of benzene rings is 2. The van der Waals surface area contributed by atoms with Crippen molar-refractivity contribution in [3.63, 3.8) is 0 Å². The molecule has 0 saturated carbocycles. The van der Waals surface area contributed by atoms with E-state index in [0.717, 1.165) is 12.8 Å². The Balaban J connectivity index is 1.49. The van der Waals surface area contributed by atoms with Crippen molar-refractivity contribution in [1.29, 1.82) is 0 Å².